The number of aromatic nitrogens is 4. The quantitative estimate of drug-likeness (QED) is 0.440. The number of nitrogens with one attached hydrogen (secondary N) is 1. The first-order chi connectivity index (χ1) is 16.1. The molecular weight excluding hydrogens is 457 g/mol. The van der Waals surface area contributed by atoms with Gasteiger partial charge in [-0.1, -0.05) is 48.4 Å². The van der Waals surface area contributed by atoms with Gasteiger partial charge in [0.2, 0.25) is 0 Å². The van der Waals surface area contributed by atoms with E-state index in [0.717, 1.165) is 34.9 Å². The van der Waals surface area contributed by atoms with Crippen LogP contribution in [0, 0.1) is 5.41 Å². The third kappa shape index (κ3) is 4.87. The zero-order valence-corrected chi connectivity index (χ0v) is 20.4. The molecule has 6 rings (SSSR count). The Morgan fingerprint density at radius 3 is 2.46 bits per heavy atom. The smallest absolute Gasteiger partial charge is 0.870 e. The largest absolute Gasteiger partial charge is 1.00 e. The standard InChI is InChI=1S/C26H24ClN5O.Li.H2O/c27-20-9-19-15-30-32(16-17-13-28-24(29-14-17)18-5-2-1-3-6-18)23(19)22(10-20)25(33)31-21-11-26(12-21)7-4-8-26;;/h1-3,5-6,9-10,13-15,21H,4,7-8,11-12,16H2,(H,31,33);;1H2/q;+1;/p-1. The van der Waals surface area contributed by atoms with Crippen molar-refractivity contribution in [2.75, 3.05) is 0 Å². The molecule has 174 valence electrons. The fraction of sp³-hybridized carbons (Fsp3) is 0.308. The zero-order chi connectivity index (χ0) is 22.4. The van der Waals surface area contributed by atoms with E-state index in [0.29, 0.717) is 28.4 Å². The molecule has 0 unspecified atom stereocenters. The van der Waals surface area contributed by atoms with Gasteiger partial charge < -0.3 is 10.8 Å². The first-order valence-corrected chi connectivity index (χ1v) is 11.8. The second-order valence-electron chi connectivity index (χ2n) is 9.41. The van der Waals surface area contributed by atoms with Gasteiger partial charge in [0.15, 0.2) is 5.82 Å². The fourth-order valence-electron chi connectivity index (χ4n) is 5.27. The van der Waals surface area contributed by atoms with E-state index in [4.69, 9.17) is 11.6 Å². The molecule has 7 nitrogen and oxygen atoms in total. The minimum Gasteiger partial charge on any atom is -0.870 e. The normalized spacial score (nSPS) is 16.0. The fourth-order valence-corrected chi connectivity index (χ4v) is 5.50. The Balaban J connectivity index is 0.00000144. The van der Waals surface area contributed by atoms with E-state index in [1.165, 1.54) is 19.3 Å². The number of nitrogens with zero attached hydrogens (tertiary/aromatic N) is 4. The number of hydrogen-bond acceptors (Lipinski definition) is 5. The summed E-state index contributed by atoms with van der Waals surface area (Å²) in [6.45, 7) is 0.465. The van der Waals surface area contributed by atoms with E-state index >= 15 is 0 Å². The van der Waals surface area contributed by atoms with E-state index in [2.05, 4.69) is 20.4 Å². The van der Waals surface area contributed by atoms with Crippen molar-refractivity contribution in [2.24, 2.45) is 5.41 Å². The minimum atomic E-state index is -0.0842. The van der Waals surface area contributed by atoms with E-state index < -0.39 is 0 Å². The van der Waals surface area contributed by atoms with Crippen LogP contribution in [-0.4, -0.2) is 37.2 Å². The van der Waals surface area contributed by atoms with E-state index in [9.17, 15) is 4.79 Å². The van der Waals surface area contributed by atoms with Crippen molar-refractivity contribution >= 4 is 28.4 Å². The first-order valence-electron chi connectivity index (χ1n) is 11.4. The van der Waals surface area contributed by atoms with Gasteiger partial charge in [0.1, 0.15) is 0 Å². The van der Waals surface area contributed by atoms with Gasteiger partial charge in [0.05, 0.1) is 23.8 Å². The second-order valence-corrected chi connectivity index (χ2v) is 9.84. The van der Waals surface area contributed by atoms with Gasteiger partial charge in [0.25, 0.3) is 5.91 Å². The summed E-state index contributed by atoms with van der Waals surface area (Å²) in [5, 5.41) is 9.14. The van der Waals surface area contributed by atoms with Crippen LogP contribution >= 0.6 is 11.6 Å². The molecule has 2 heterocycles. The molecular formula is C26H25ClLiN5O2. The van der Waals surface area contributed by atoms with Crippen LogP contribution in [0.5, 0.6) is 0 Å². The predicted molar refractivity (Wildman–Crippen MR) is 130 cm³/mol. The van der Waals surface area contributed by atoms with Crippen LogP contribution in [0.2, 0.25) is 5.02 Å². The number of amides is 1. The van der Waals surface area contributed by atoms with Crippen LogP contribution in [0.25, 0.3) is 22.3 Å². The van der Waals surface area contributed by atoms with Gasteiger partial charge in [-0.3, -0.25) is 9.48 Å². The van der Waals surface area contributed by atoms with E-state index in [1.54, 1.807) is 12.3 Å². The van der Waals surface area contributed by atoms with Crippen molar-refractivity contribution in [1.82, 2.24) is 25.1 Å². The summed E-state index contributed by atoms with van der Waals surface area (Å²) in [4.78, 5) is 22.2. The number of carbonyl (C=O) groups excluding carboxylic acids is 1. The zero-order valence-electron chi connectivity index (χ0n) is 19.6. The molecule has 2 N–H and O–H groups in total. The average Bonchev–Trinajstić information content (AvgIpc) is 3.17. The molecule has 2 aromatic heterocycles. The Morgan fingerprint density at radius 1 is 1.09 bits per heavy atom. The summed E-state index contributed by atoms with van der Waals surface area (Å²) in [7, 11) is 0. The molecule has 2 aromatic carbocycles. The van der Waals surface area contributed by atoms with Crippen LogP contribution in [-0.2, 0) is 6.54 Å². The molecule has 4 aromatic rings. The van der Waals surface area contributed by atoms with Crippen molar-refractivity contribution < 1.29 is 29.1 Å². The Labute approximate surface area is 220 Å². The number of hydrogen-bond donors (Lipinski definition) is 1. The molecule has 0 atom stereocenters. The monoisotopic (exact) mass is 481 g/mol. The Bertz CT molecular complexity index is 1330. The molecule has 9 heteroatoms. The topological polar surface area (TPSA) is 103 Å². The maximum Gasteiger partial charge on any atom is 1.00 e. The summed E-state index contributed by atoms with van der Waals surface area (Å²) in [5.74, 6) is 0.598. The van der Waals surface area contributed by atoms with Gasteiger partial charge in [-0.05, 0) is 43.2 Å². The van der Waals surface area contributed by atoms with Gasteiger partial charge in [0, 0.05) is 40.0 Å². The molecule has 0 radical (unpaired) electrons. The van der Waals surface area contributed by atoms with Gasteiger partial charge >= 0.3 is 18.9 Å². The summed E-state index contributed by atoms with van der Waals surface area (Å²) in [6.07, 6.45) is 11.5. The van der Waals surface area contributed by atoms with E-state index in [-0.39, 0.29) is 36.3 Å². The number of benzene rings is 2. The third-order valence-electron chi connectivity index (χ3n) is 7.12. The average molecular weight is 482 g/mol. The molecule has 0 bridgehead atoms. The predicted octanol–water partition coefficient (Wildman–Crippen LogP) is 2.08. The number of carbonyl (C=O) groups is 1. The number of halogens is 1. The molecule has 1 amide bonds. The van der Waals surface area contributed by atoms with Crippen LogP contribution in [0.3, 0.4) is 0 Å². The van der Waals surface area contributed by atoms with E-state index in [1.807, 2.05) is 53.5 Å². The number of fused-ring (bicyclic) bond motifs is 1. The molecule has 35 heavy (non-hydrogen) atoms. The minimum absolute atomic E-state index is 0. The van der Waals surface area contributed by atoms with Gasteiger partial charge in [-0.15, -0.1) is 0 Å². The summed E-state index contributed by atoms with van der Waals surface area (Å²) in [5.41, 5.74) is 3.73. The first kappa shape index (κ1) is 25.4. The Hall–Kier alpha value is -2.69. The second kappa shape index (κ2) is 10.1. The number of rotatable bonds is 5. The van der Waals surface area contributed by atoms with Gasteiger partial charge in [-0.2, -0.15) is 5.10 Å². The van der Waals surface area contributed by atoms with Crippen molar-refractivity contribution in [3.05, 3.63) is 77.2 Å². The molecule has 2 aliphatic carbocycles. The van der Waals surface area contributed by atoms with Crippen molar-refractivity contribution in [3.63, 3.8) is 0 Å². The summed E-state index contributed by atoms with van der Waals surface area (Å²) in [6, 6.07) is 13.7. The SMILES string of the molecule is O=C(NC1CC2(CCC2)C1)c1cc(Cl)cc2cnn(Cc3cnc(-c4ccccc4)nc3)c12.[Li+].[OH-]. The van der Waals surface area contributed by atoms with Crippen LogP contribution in [0.4, 0.5) is 0 Å². The summed E-state index contributed by atoms with van der Waals surface area (Å²) >= 11 is 6.34. The maximum absolute atomic E-state index is 13.2. The molecule has 0 aliphatic heterocycles. The maximum atomic E-state index is 13.2. The van der Waals surface area contributed by atoms with Gasteiger partial charge in [-0.25, -0.2) is 9.97 Å². The molecule has 2 saturated carbocycles. The van der Waals surface area contributed by atoms with Crippen molar-refractivity contribution in [3.8, 4) is 11.4 Å². The Kier molecular flexibility index (Phi) is 7.34. The van der Waals surface area contributed by atoms with Crippen molar-refractivity contribution in [2.45, 2.75) is 44.7 Å². The Morgan fingerprint density at radius 2 is 1.80 bits per heavy atom. The molecule has 0 saturated heterocycles. The third-order valence-corrected chi connectivity index (χ3v) is 7.34. The molecule has 2 aliphatic rings. The summed E-state index contributed by atoms with van der Waals surface area (Å²) < 4.78 is 1.83. The van der Waals surface area contributed by atoms with Crippen LogP contribution in [0.15, 0.2) is 61.1 Å². The molecule has 1 spiro atoms. The van der Waals surface area contributed by atoms with Crippen molar-refractivity contribution in [1.29, 1.82) is 0 Å². The van der Waals surface area contributed by atoms with Crippen LogP contribution in [0.1, 0.15) is 48.0 Å². The van der Waals surface area contributed by atoms with Crippen LogP contribution < -0.4 is 24.2 Å². The molecule has 2 fully saturated rings.